The van der Waals surface area contributed by atoms with Crippen molar-refractivity contribution < 1.29 is 24.0 Å². The molecule has 9 heteroatoms. The zero-order valence-corrected chi connectivity index (χ0v) is 14.3. The van der Waals surface area contributed by atoms with Crippen molar-refractivity contribution in [3.63, 3.8) is 0 Å². The Kier molecular flexibility index (Phi) is 5.58. The number of amides is 1. The monoisotopic (exact) mass is 364 g/mol. The molecule has 0 N–H and O–H groups in total. The highest BCUT2D eigenvalue weighted by atomic mass is 32.1. The van der Waals surface area contributed by atoms with Gasteiger partial charge in [0.05, 0.1) is 16.9 Å². The summed E-state index contributed by atoms with van der Waals surface area (Å²) in [5, 5.41) is 11.0. The highest BCUT2D eigenvalue weighted by Crippen LogP contribution is 2.28. The van der Waals surface area contributed by atoms with Gasteiger partial charge in [-0.2, -0.15) is 0 Å². The first-order valence-corrected chi connectivity index (χ1v) is 7.77. The molecule has 8 nitrogen and oxygen atoms in total. The van der Waals surface area contributed by atoms with Gasteiger partial charge in [-0.3, -0.25) is 24.5 Å². The fourth-order valence-corrected chi connectivity index (χ4v) is 2.76. The molecule has 1 atom stereocenters. The molecule has 1 unspecified atom stereocenters. The van der Waals surface area contributed by atoms with Crippen LogP contribution in [0.4, 0.5) is 5.69 Å². The van der Waals surface area contributed by atoms with E-state index in [1.165, 1.54) is 30.2 Å². The number of Topliss-reactive ketones (excluding diaryl/α,β-unsaturated/α-hetero) is 1. The lowest BCUT2D eigenvalue weighted by molar-refractivity contribution is -0.387. The van der Waals surface area contributed by atoms with Crippen molar-refractivity contribution in [2.45, 2.75) is 11.3 Å². The van der Waals surface area contributed by atoms with Gasteiger partial charge in [-0.1, -0.05) is 12.6 Å². The predicted octanol–water partition coefficient (Wildman–Crippen LogP) is 1.49. The van der Waals surface area contributed by atoms with E-state index in [1.807, 2.05) is 0 Å². The Hall–Kier alpha value is -2.68. The maximum Gasteiger partial charge on any atom is 0.318 e. The third-order valence-electron chi connectivity index (χ3n) is 3.97. The number of carbonyl (C=O) groups excluding carboxylic acids is 3. The lowest BCUT2D eigenvalue weighted by atomic mass is 9.95. The van der Waals surface area contributed by atoms with E-state index in [0.29, 0.717) is 0 Å². The number of ketones is 1. The number of ether oxygens (including phenoxy) is 1. The summed E-state index contributed by atoms with van der Waals surface area (Å²) in [5.74, 6) is -2.49. The zero-order valence-electron chi connectivity index (χ0n) is 13.4. The molecule has 1 fully saturated rings. The van der Waals surface area contributed by atoms with Crippen LogP contribution in [0, 0.1) is 16.0 Å². The van der Waals surface area contributed by atoms with Gasteiger partial charge in [0.15, 0.2) is 5.78 Å². The Balaban J connectivity index is 2.21. The summed E-state index contributed by atoms with van der Waals surface area (Å²) in [5.41, 5.74) is 0.0754. The van der Waals surface area contributed by atoms with Crippen LogP contribution < -0.4 is 0 Å². The number of carbonyl (C=O) groups is 3. The fraction of sp³-hybridized carbons (Fsp3) is 0.312. The molecular formula is C16H16N2O6S. The van der Waals surface area contributed by atoms with E-state index in [1.54, 1.807) is 0 Å². The van der Waals surface area contributed by atoms with Crippen LogP contribution in [0.5, 0.6) is 0 Å². The maximum absolute atomic E-state index is 12.6. The molecule has 1 aromatic rings. The van der Waals surface area contributed by atoms with E-state index in [4.69, 9.17) is 0 Å². The number of hydrogen-bond donors (Lipinski definition) is 1. The molecule has 1 amide bonds. The van der Waals surface area contributed by atoms with E-state index in [-0.39, 0.29) is 47.0 Å². The highest BCUT2D eigenvalue weighted by molar-refractivity contribution is 7.80. The largest absolute Gasteiger partial charge is 0.468 e. The van der Waals surface area contributed by atoms with Gasteiger partial charge in [0, 0.05) is 31.1 Å². The molecule has 25 heavy (non-hydrogen) atoms. The Labute approximate surface area is 149 Å². The summed E-state index contributed by atoms with van der Waals surface area (Å²) in [6.07, 6.45) is 0.0362. The number of methoxy groups -OCH3 is 1. The van der Waals surface area contributed by atoms with Crippen molar-refractivity contribution in [1.82, 2.24) is 4.90 Å². The maximum atomic E-state index is 12.6. The molecule has 0 saturated carbocycles. The minimum absolute atomic E-state index is 0.0362. The van der Waals surface area contributed by atoms with Crippen molar-refractivity contribution in [3.8, 4) is 0 Å². The molecule has 2 rings (SSSR count). The number of nitro benzene ring substituents is 1. The molecular weight excluding hydrogens is 348 g/mol. The topological polar surface area (TPSA) is 107 Å². The number of hydrogen-bond acceptors (Lipinski definition) is 7. The minimum Gasteiger partial charge on any atom is -0.468 e. The Morgan fingerprint density at radius 1 is 1.44 bits per heavy atom. The van der Waals surface area contributed by atoms with Crippen molar-refractivity contribution in [1.29, 1.82) is 0 Å². The molecule has 1 heterocycles. The predicted molar refractivity (Wildman–Crippen MR) is 91.1 cm³/mol. The molecule has 0 aliphatic carbocycles. The average Bonchev–Trinajstić information content (AvgIpc) is 2.60. The van der Waals surface area contributed by atoms with E-state index in [0.717, 1.165) is 0 Å². The molecule has 132 valence electrons. The second-order valence-electron chi connectivity index (χ2n) is 5.48. The SMILES string of the molecule is C=C(C(=O)N1CCC(=O)C(C(=O)OC)C1)c1ccc(S)c([N+](=O)[O-])c1. The van der Waals surface area contributed by atoms with Crippen LogP contribution in [0.3, 0.4) is 0 Å². The number of nitrogens with zero attached hydrogens (tertiary/aromatic N) is 2. The van der Waals surface area contributed by atoms with Gasteiger partial charge in [-0.25, -0.2) is 0 Å². The number of thiol groups is 1. The molecule has 0 bridgehead atoms. The zero-order chi connectivity index (χ0) is 18.7. The van der Waals surface area contributed by atoms with Gasteiger partial charge in [0.1, 0.15) is 5.92 Å². The first-order valence-electron chi connectivity index (χ1n) is 7.32. The summed E-state index contributed by atoms with van der Waals surface area (Å²) in [6.45, 7) is 3.75. The third-order valence-corrected chi connectivity index (χ3v) is 4.35. The van der Waals surface area contributed by atoms with Crippen LogP contribution >= 0.6 is 12.6 Å². The summed E-state index contributed by atoms with van der Waals surface area (Å²) < 4.78 is 4.58. The van der Waals surface area contributed by atoms with Crippen molar-refractivity contribution in [2.75, 3.05) is 20.2 Å². The number of rotatable bonds is 4. The van der Waals surface area contributed by atoms with Crippen LogP contribution in [-0.4, -0.2) is 47.7 Å². The summed E-state index contributed by atoms with van der Waals surface area (Å²) >= 11 is 4.01. The van der Waals surface area contributed by atoms with Gasteiger partial charge >= 0.3 is 5.97 Å². The van der Waals surface area contributed by atoms with Gasteiger partial charge < -0.3 is 9.64 Å². The standard InChI is InChI=1S/C16H16N2O6S/c1-9(10-3-4-14(25)12(7-10)18(22)23)15(20)17-6-5-13(19)11(8-17)16(21)24-2/h3-4,7,11,25H,1,5-6,8H2,2H3. The Morgan fingerprint density at radius 2 is 2.12 bits per heavy atom. The lowest BCUT2D eigenvalue weighted by Crippen LogP contribution is -2.47. The van der Waals surface area contributed by atoms with Crippen LogP contribution in [0.15, 0.2) is 29.7 Å². The van der Waals surface area contributed by atoms with Gasteiger partial charge in [0.25, 0.3) is 11.6 Å². The second kappa shape index (κ2) is 7.47. The summed E-state index contributed by atoms with van der Waals surface area (Å²) in [4.78, 5) is 48.0. The van der Waals surface area contributed by atoms with Crippen LogP contribution in [0.1, 0.15) is 12.0 Å². The lowest BCUT2D eigenvalue weighted by Gasteiger charge is -2.31. The Morgan fingerprint density at radius 3 is 2.72 bits per heavy atom. The molecule has 1 aliphatic heterocycles. The van der Waals surface area contributed by atoms with Gasteiger partial charge in [-0.05, 0) is 11.6 Å². The molecule has 0 spiro atoms. The van der Waals surface area contributed by atoms with E-state index in [9.17, 15) is 24.5 Å². The van der Waals surface area contributed by atoms with Crippen LogP contribution in [0.2, 0.25) is 0 Å². The van der Waals surface area contributed by atoms with Crippen LogP contribution in [0.25, 0.3) is 5.57 Å². The average molecular weight is 364 g/mol. The minimum atomic E-state index is -1.02. The fourth-order valence-electron chi connectivity index (χ4n) is 2.54. The summed E-state index contributed by atoms with van der Waals surface area (Å²) in [7, 11) is 1.17. The number of piperidine rings is 1. The highest BCUT2D eigenvalue weighted by Gasteiger charge is 2.36. The number of likely N-dealkylation sites (tertiary alicyclic amines) is 1. The van der Waals surface area contributed by atoms with Crippen molar-refractivity contribution >= 4 is 41.5 Å². The normalized spacial score (nSPS) is 17.1. The molecule has 0 aromatic heterocycles. The van der Waals surface area contributed by atoms with E-state index >= 15 is 0 Å². The quantitative estimate of drug-likeness (QED) is 0.217. The third kappa shape index (κ3) is 3.87. The molecule has 0 radical (unpaired) electrons. The number of esters is 1. The first-order chi connectivity index (χ1) is 11.8. The Bertz CT molecular complexity index is 768. The van der Waals surface area contributed by atoms with Crippen molar-refractivity contribution in [2.24, 2.45) is 5.92 Å². The molecule has 1 saturated heterocycles. The van der Waals surface area contributed by atoms with Crippen molar-refractivity contribution in [3.05, 3.63) is 40.5 Å². The summed E-state index contributed by atoms with van der Waals surface area (Å²) in [6, 6.07) is 4.13. The molecule has 1 aliphatic rings. The second-order valence-corrected chi connectivity index (χ2v) is 5.96. The number of nitro groups is 1. The van der Waals surface area contributed by atoms with Gasteiger partial charge in [-0.15, -0.1) is 12.6 Å². The number of benzene rings is 1. The molecule has 1 aromatic carbocycles. The van der Waals surface area contributed by atoms with Crippen LogP contribution in [-0.2, 0) is 19.1 Å². The first kappa shape index (κ1) is 18.7. The van der Waals surface area contributed by atoms with E-state index < -0.39 is 22.7 Å². The van der Waals surface area contributed by atoms with Gasteiger partial charge in [0.2, 0.25) is 0 Å². The smallest absolute Gasteiger partial charge is 0.318 e. The van der Waals surface area contributed by atoms with E-state index in [2.05, 4.69) is 23.9 Å².